The van der Waals surface area contributed by atoms with E-state index in [1.54, 1.807) is 0 Å². The lowest BCUT2D eigenvalue weighted by atomic mass is 10.1. The molecule has 0 aromatic carbocycles. The molecule has 1 nitrogen and oxygen atoms in total. The number of rotatable bonds is 17. The van der Waals surface area contributed by atoms with Gasteiger partial charge in [-0.3, -0.25) is 0 Å². The third-order valence-corrected chi connectivity index (χ3v) is 7.43. The van der Waals surface area contributed by atoms with E-state index in [1.165, 1.54) is 95.9 Å². The van der Waals surface area contributed by atoms with Crippen LogP contribution < -0.4 is 0 Å². The molecule has 0 aromatic heterocycles. The molecule has 0 spiro atoms. The van der Waals surface area contributed by atoms with Crippen molar-refractivity contribution >= 4 is 8.32 Å². The van der Waals surface area contributed by atoms with Gasteiger partial charge in [-0.25, -0.2) is 0 Å². The van der Waals surface area contributed by atoms with Gasteiger partial charge in [0.2, 0.25) is 0 Å². The third-order valence-electron chi connectivity index (χ3n) is 4.95. The molecule has 0 saturated heterocycles. The molecule has 0 bridgehead atoms. The lowest BCUT2D eigenvalue weighted by Gasteiger charge is -2.21. The first-order valence-corrected chi connectivity index (χ1v) is 14.3. The van der Waals surface area contributed by atoms with Gasteiger partial charge in [0.15, 0.2) is 8.32 Å². The molecule has 2 heteroatoms. The van der Waals surface area contributed by atoms with Gasteiger partial charge in [-0.15, -0.1) is 5.92 Å². The molecule has 0 aliphatic rings. The van der Waals surface area contributed by atoms with Crippen LogP contribution in [0.25, 0.3) is 0 Å². The fourth-order valence-electron chi connectivity index (χ4n) is 3.12. The minimum Gasteiger partial charge on any atom is -0.406 e. The maximum atomic E-state index is 6.11. The van der Waals surface area contributed by atoms with Gasteiger partial charge in [0, 0.05) is 6.42 Å². The molecule has 0 aliphatic heterocycles. The van der Waals surface area contributed by atoms with Crippen LogP contribution in [0.3, 0.4) is 0 Å². The Morgan fingerprint density at radius 2 is 1.08 bits per heavy atom. The minimum absolute atomic E-state index is 0.659. The molecule has 0 saturated carbocycles. The largest absolute Gasteiger partial charge is 0.406 e. The molecule has 0 aromatic rings. The molecule has 0 N–H and O–H groups in total. The van der Waals surface area contributed by atoms with Crippen LogP contribution in [-0.4, -0.2) is 14.9 Å². The molecule has 0 rings (SSSR count). The van der Waals surface area contributed by atoms with Gasteiger partial charge in [-0.1, -0.05) is 103 Å². The average molecular weight is 367 g/mol. The van der Waals surface area contributed by atoms with Crippen molar-refractivity contribution in [3.8, 4) is 11.8 Å². The first kappa shape index (κ1) is 24.7. The van der Waals surface area contributed by atoms with Crippen molar-refractivity contribution in [3.63, 3.8) is 0 Å². The zero-order valence-corrected chi connectivity index (χ0v) is 18.9. The lowest BCUT2D eigenvalue weighted by Crippen LogP contribution is -2.30. The second-order valence-electron chi connectivity index (χ2n) is 8.14. The Balaban J connectivity index is 3.45. The van der Waals surface area contributed by atoms with Crippen molar-refractivity contribution in [3.05, 3.63) is 0 Å². The Labute approximate surface area is 160 Å². The van der Waals surface area contributed by atoms with Crippen LogP contribution in [-0.2, 0) is 4.43 Å². The number of hydrogen-bond acceptors (Lipinski definition) is 1. The van der Waals surface area contributed by atoms with Crippen molar-refractivity contribution in [2.75, 3.05) is 6.61 Å². The van der Waals surface area contributed by atoms with Gasteiger partial charge >= 0.3 is 0 Å². The SMILES string of the molecule is CCCCCCCCCCC#CCO[Si](C)(C)CCCCCCCC. The summed E-state index contributed by atoms with van der Waals surface area (Å²) in [7, 11) is -1.47. The van der Waals surface area contributed by atoms with E-state index in [2.05, 4.69) is 38.8 Å². The standard InChI is InChI=1S/C23H46OSi/c1-5-7-9-11-13-14-15-16-17-18-20-22-24-25(3,4)23-21-19-12-10-8-6-2/h5-17,19,21-23H2,1-4H3. The summed E-state index contributed by atoms with van der Waals surface area (Å²) >= 11 is 0. The maximum absolute atomic E-state index is 6.11. The molecule has 25 heavy (non-hydrogen) atoms. The Morgan fingerprint density at radius 1 is 0.600 bits per heavy atom. The summed E-state index contributed by atoms with van der Waals surface area (Å²) in [5.41, 5.74) is 0. The molecule has 0 amide bonds. The van der Waals surface area contributed by atoms with Gasteiger partial charge in [0.05, 0.1) is 6.61 Å². The van der Waals surface area contributed by atoms with E-state index in [-0.39, 0.29) is 0 Å². The fraction of sp³-hybridized carbons (Fsp3) is 0.913. The summed E-state index contributed by atoms with van der Waals surface area (Å²) in [6, 6.07) is 1.29. The van der Waals surface area contributed by atoms with Gasteiger partial charge in [-0.05, 0) is 25.6 Å². The van der Waals surface area contributed by atoms with Crippen molar-refractivity contribution < 1.29 is 4.43 Å². The van der Waals surface area contributed by atoms with Crippen LogP contribution in [0.5, 0.6) is 0 Å². The molecular formula is C23H46OSi. The highest BCUT2D eigenvalue weighted by Crippen LogP contribution is 2.17. The van der Waals surface area contributed by atoms with Crippen LogP contribution in [0.15, 0.2) is 0 Å². The predicted octanol–water partition coefficient (Wildman–Crippen LogP) is 8.10. The first-order chi connectivity index (χ1) is 12.1. The average Bonchev–Trinajstić information content (AvgIpc) is 2.59. The van der Waals surface area contributed by atoms with E-state index >= 15 is 0 Å². The molecule has 0 fully saturated rings. The summed E-state index contributed by atoms with van der Waals surface area (Å²) in [6.07, 6.45) is 20.3. The number of hydrogen-bond donors (Lipinski definition) is 0. The maximum Gasteiger partial charge on any atom is 0.188 e. The smallest absolute Gasteiger partial charge is 0.188 e. The quantitative estimate of drug-likeness (QED) is 0.143. The second-order valence-corrected chi connectivity index (χ2v) is 12.5. The highest BCUT2D eigenvalue weighted by Gasteiger charge is 2.20. The van der Waals surface area contributed by atoms with Crippen LogP contribution in [0.1, 0.15) is 110 Å². The number of unbranched alkanes of at least 4 members (excludes halogenated alkanes) is 13. The third kappa shape index (κ3) is 19.9. The molecule has 0 aliphatic carbocycles. The molecular weight excluding hydrogens is 320 g/mol. The fourth-order valence-corrected chi connectivity index (χ4v) is 4.83. The Kier molecular flexibility index (Phi) is 18.3. The summed E-state index contributed by atoms with van der Waals surface area (Å²) in [5, 5.41) is 0. The lowest BCUT2D eigenvalue weighted by molar-refractivity contribution is 0.357. The van der Waals surface area contributed by atoms with Gasteiger partial charge < -0.3 is 4.43 Å². The normalized spacial score (nSPS) is 11.4. The molecule has 0 radical (unpaired) electrons. The van der Waals surface area contributed by atoms with Crippen molar-refractivity contribution in [2.24, 2.45) is 0 Å². The first-order valence-electron chi connectivity index (χ1n) is 11.2. The van der Waals surface area contributed by atoms with Crippen molar-refractivity contribution in [1.29, 1.82) is 0 Å². The van der Waals surface area contributed by atoms with Crippen molar-refractivity contribution in [1.82, 2.24) is 0 Å². The summed E-state index contributed by atoms with van der Waals surface area (Å²) in [4.78, 5) is 0. The van der Waals surface area contributed by atoms with E-state index in [9.17, 15) is 0 Å². The Hall–Kier alpha value is -0.263. The predicted molar refractivity (Wildman–Crippen MR) is 117 cm³/mol. The Bertz CT molecular complexity index is 327. The van der Waals surface area contributed by atoms with E-state index in [4.69, 9.17) is 4.43 Å². The van der Waals surface area contributed by atoms with Crippen LogP contribution in [0.4, 0.5) is 0 Å². The zero-order chi connectivity index (χ0) is 18.6. The second kappa shape index (κ2) is 18.5. The van der Waals surface area contributed by atoms with E-state index in [0.29, 0.717) is 6.61 Å². The van der Waals surface area contributed by atoms with E-state index in [0.717, 1.165) is 6.42 Å². The van der Waals surface area contributed by atoms with Gasteiger partial charge in [0.1, 0.15) is 0 Å². The summed E-state index contributed by atoms with van der Waals surface area (Å²) < 4.78 is 6.11. The van der Waals surface area contributed by atoms with Crippen molar-refractivity contribution in [2.45, 2.75) is 129 Å². The zero-order valence-electron chi connectivity index (χ0n) is 17.9. The summed E-state index contributed by atoms with van der Waals surface area (Å²) in [5.74, 6) is 6.55. The van der Waals surface area contributed by atoms with Gasteiger partial charge in [-0.2, -0.15) is 0 Å². The summed E-state index contributed by atoms with van der Waals surface area (Å²) in [6.45, 7) is 9.91. The molecule has 0 heterocycles. The highest BCUT2D eigenvalue weighted by molar-refractivity contribution is 6.71. The topological polar surface area (TPSA) is 9.23 Å². The van der Waals surface area contributed by atoms with Crippen LogP contribution in [0.2, 0.25) is 19.1 Å². The van der Waals surface area contributed by atoms with E-state index in [1.807, 2.05) is 0 Å². The molecule has 0 atom stereocenters. The van der Waals surface area contributed by atoms with Crippen LogP contribution in [0, 0.1) is 11.8 Å². The molecule has 148 valence electrons. The minimum atomic E-state index is -1.47. The Morgan fingerprint density at radius 3 is 1.64 bits per heavy atom. The molecule has 0 unspecified atom stereocenters. The van der Waals surface area contributed by atoms with Crippen LogP contribution >= 0.6 is 0 Å². The van der Waals surface area contributed by atoms with E-state index < -0.39 is 8.32 Å². The van der Waals surface area contributed by atoms with Gasteiger partial charge in [0.25, 0.3) is 0 Å². The monoisotopic (exact) mass is 366 g/mol. The highest BCUT2D eigenvalue weighted by atomic mass is 28.4.